The average molecular weight is 336 g/mol. The van der Waals surface area contributed by atoms with Gasteiger partial charge in [-0.15, -0.1) is 5.10 Å². The molecule has 4 heterocycles. The number of fused-ring (bicyclic) bond motifs is 1. The maximum absolute atomic E-state index is 13.1. The van der Waals surface area contributed by atoms with E-state index in [9.17, 15) is 4.79 Å². The van der Waals surface area contributed by atoms with Crippen LogP contribution in [0.2, 0.25) is 0 Å². The van der Waals surface area contributed by atoms with Crippen molar-refractivity contribution in [2.75, 3.05) is 6.54 Å². The van der Waals surface area contributed by atoms with Crippen LogP contribution in [-0.2, 0) is 0 Å². The predicted molar refractivity (Wildman–Crippen MR) is 92.1 cm³/mol. The molecule has 1 atom stereocenters. The number of aryl methyl sites for hydroxylation is 2. The minimum absolute atomic E-state index is 0.0253. The van der Waals surface area contributed by atoms with E-state index in [1.54, 1.807) is 10.7 Å². The average Bonchev–Trinajstić information content (AvgIpc) is 3.06. The standard InChI is InChI=1S/C18H20N6O/c1-12-10-13(2)24-18(20-12)21-16(22-24)17(25)23-9-4-3-7-15(23)14-6-5-8-19-11-14/h5-6,8,10-11,15H,3-4,7,9H2,1-2H3. The molecule has 0 bridgehead atoms. The van der Waals surface area contributed by atoms with Gasteiger partial charge >= 0.3 is 0 Å². The Labute approximate surface area is 145 Å². The third kappa shape index (κ3) is 2.86. The molecule has 1 aliphatic heterocycles. The molecular weight excluding hydrogens is 316 g/mol. The van der Waals surface area contributed by atoms with Crippen LogP contribution in [0, 0.1) is 13.8 Å². The van der Waals surface area contributed by atoms with Gasteiger partial charge in [-0.2, -0.15) is 4.98 Å². The molecule has 7 nitrogen and oxygen atoms in total. The lowest BCUT2D eigenvalue weighted by Crippen LogP contribution is -2.39. The second-order valence-electron chi connectivity index (χ2n) is 6.48. The van der Waals surface area contributed by atoms with Crippen molar-refractivity contribution >= 4 is 11.7 Å². The minimum Gasteiger partial charge on any atom is -0.329 e. The molecule has 1 unspecified atom stereocenters. The summed E-state index contributed by atoms with van der Waals surface area (Å²) in [4.78, 5) is 27.9. The summed E-state index contributed by atoms with van der Waals surface area (Å²) in [5, 5.41) is 4.39. The highest BCUT2D eigenvalue weighted by atomic mass is 16.2. The molecule has 7 heteroatoms. The summed E-state index contributed by atoms with van der Waals surface area (Å²) in [6, 6.07) is 5.88. The highest BCUT2D eigenvalue weighted by Gasteiger charge is 2.31. The molecule has 0 saturated carbocycles. The fourth-order valence-electron chi connectivity index (χ4n) is 3.48. The topological polar surface area (TPSA) is 76.3 Å². The van der Waals surface area contributed by atoms with Crippen LogP contribution in [0.5, 0.6) is 0 Å². The number of rotatable bonds is 2. The summed E-state index contributed by atoms with van der Waals surface area (Å²) in [7, 11) is 0. The number of hydrogen-bond donors (Lipinski definition) is 0. The lowest BCUT2D eigenvalue weighted by atomic mass is 9.96. The van der Waals surface area contributed by atoms with Crippen LogP contribution in [0.3, 0.4) is 0 Å². The summed E-state index contributed by atoms with van der Waals surface area (Å²) in [6.07, 6.45) is 6.61. The van der Waals surface area contributed by atoms with Gasteiger partial charge in [0.2, 0.25) is 5.82 Å². The number of aromatic nitrogens is 5. The summed E-state index contributed by atoms with van der Waals surface area (Å²) >= 11 is 0. The van der Waals surface area contributed by atoms with Crippen molar-refractivity contribution in [1.29, 1.82) is 0 Å². The molecule has 1 aliphatic rings. The fraction of sp³-hybridized carbons (Fsp3) is 0.389. The minimum atomic E-state index is -0.142. The van der Waals surface area contributed by atoms with Gasteiger partial charge in [-0.3, -0.25) is 9.78 Å². The Morgan fingerprint density at radius 2 is 2.12 bits per heavy atom. The van der Waals surface area contributed by atoms with Crippen molar-refractivity contribution in [2.45, 2.75) is 39.2 Å². The van der Waals surface area contributed by atoms with Gasteiger partial charge in [-0.25, -0.2) is 9.50 Å². The number of carbonyl (C=O) groups excluding carboxylic acids is 1. The van der Waals surface area contributed by atoms with Crippen molar-refractivity contribution in [3.05, 3.63) is 53.4 Å². The van der Waals surface area contributed by atoms with Crippen molar-refractivity contribution in [3.63, 3.8) is 0 Å². The van der Waals surface area contributed by atoms with Crippen LogP contribution in [0.25, 0.3) is 5.78 Å². The predicted octanol–water partition coefficient (Wildman–Crippen LogP) is 2.50. The summed E-state index contributed by atoms with van der Waals surface area (Å²) in [5.74, 6) is 0.531. The van der Waals surface area contributed by atoms with Gasteiger partial charge in [-0.05, 0) is 50.8 Å². The zero-order valence-electron chi connectivity index (χ0n) is 14.4. The van der Waals surface area contributed by atoms with Crippen LogP contribution >= 0.6 is 0 Å². The van der Waals surface area contributed by atoms with E-state index < -0.39 is 0 Å². The Morgan fingerprint density at radius 1 is 1.24 bits per heavy atom. The summed E-state index contributed by atoms with van der Waals surface area (Å²) in [5.41, 5.74) is 2.84. The first-order valence-corrected chi connectivity index (χ1v) is 8.55. The molecule has 0 spiro atoms. The smallest absolute Gasteiger partial charge is 0.294 e. The molecule has 0 N–H and O–H groups in total. The Hall–Kier alpha value is -2.83. The molecule has 3 aromatic heterocycles. The molecule has 25 heavy (non-hydrogen) atoms. The van der Waals surface area contributed by atoms with Crippen molar-refractivity contribution in [1.82, 2.24) is 29.5 Å². The lowest BCUT2D eigenvalue weighted by Gasteiger charge is -2.35. The van der Waals surface area contributed by atoms with E-state index in [0.717, 1.165) is 36.2 Å². The molecule has 1 saturated heterocycles. The van der Waals surface area contributed by atoms with E-state index in [2.05, 4.69) is 20.1 Å². The third-order valence-electron chi connectivity index (χ3n) is 4.64. The van der Waals surface area contributed by atoms with Crippen molar-refractivity contribution < 1.29 is 4.79 Å². The first-order valence-electron chi connectivity index (χ1n) is 8.55. The highest BCUT2D eigenvalue weighted by molar-refractivity contribution is 5.91. The van der Waals surface area contributed by atoms with E-state index in [4.69, 9.17) is 0 Å². The lowest BCUT2D eigenvalue weighted by molar-refractivity contribution is 0.0598. The summed E-state index contributed by atoms with van der Waals surface area (Å²) in [6.45, 7) is 4.55. The van der Waals surface area contributed by atoms with Gasteiger partial charge in [0.1, 0.15) is 0 Å². The SMILES string of the molecule is Cc1cc(C)n2nc(C(=O)N3CCCCC3c3cccnc3)nc2n1. The van der Waals surface area contributed by atoms with Crippen LogP contribution in [0.15, 0.2) is 30.6 Å². The number of nitrogens with zero attached hydrogens (tertiary/aromatic N) is 6. The molecule has 1 fully saturated rings. The number of piperidine rings is 1. The zero-order chi connectivity index (χ0) is 17.4. The largest absolute Gasteiger partial charge is 0.329 e. The van der Waals surface area contributed by atoms with Crippen LogP contribution in [0.1, 0.15) is 52.9 Å². The fourth-order valence-corrected chi connectivity index (χ4v) is 3.48. The number of amides is 1. The first-order chi connectivity index (χ1) is 12.1. The van der Waals surface area contributed by atoms with Gasteiger partial charge in [-0.1, -0.05) is 6.07 Å². The van der Waals surface area contributed by atoms with E-state index in [-0.39, 0.29) is 17.8 Å². The van der Waals surface area contributed by atoms with Gasteiger partial charge < -0.3 is 4.90 Å². The molecule has 128 valence electrons. The molecule has 1 amide bonds. The molecular formula is C18H20N6O. The molecule has 0 aromatic carbocycles. The van der Waals surface area contributed by atoms with Gasteiger partial charge in [0, 0.05) is 30.3 Å². The van der Waals surface area contributed by atoms with Crippen molar-refractivity contribution in [3.8, 4) is 0 Å². The van der Waals surface area contributed by atoms with Gasteiger partial charge in [0.05, 0.1) is 6.04 Å². The second-order valence-corrected chi connectivity index (χ2v) is 6.48. The van der Waals surface area contributed by atoms with Crippen molar-refractivity contribution in [2.24, 2.45) is 0 Å². The number of hydrogen-bond acceptors (Lipinski definition) is 5. The van der Waals surface area contributed by atoms with Crippen LogP contribution < -0.4 is 0 Å². The van der Waals surface area contributed by atoms with Gasteiger partial charge in [0.25, 0.3) is 11.7 Å². The molecule has 3 aromatic rings. The Morgan fingerprint density at radius 3 is 2.92 bits per heavy atom. The summed E-state index contributed by atoms with van der Waals surface area (Å²) < 4.78 is 1.63. The second kappa shape index (κ2) is 6.23. The monoisotopic (exact) mass is 336 g/mol. The van der Waals surface area contributed by atoms with E-state index in [1.165, 1.54) is 0 Å². The third-order valence-corrected chi connectivity index (χ3v) is 4.64. The Balaban J connectivity index is 1.70. The molecule has 0 aliphatic carbocycles. The Kier molecular flexibility index (Phi) is 3.91. The van der Waals surface area contributed by atoms with E-state index in [1.807, 2.05) is 43.1 Å². The van der Waals surface area contributed by atoms with Crippen LogP contribution in [0.4, 0.5) is 0 Å². The number of carbonyl (C=O) groups is 1. The molecule has 0 radical (unpaired) electrons. The maximum Gasteiger partial charge on any atom is 0.294 e. The van der Waals surface area contributed by atoms with Crippen LogP contribution in [-0.4, -0.2) is 41.9 Å². The first kappa shape index (κ1) is 15.7. The maximum atomic E-state index is 13.1. The van der Waals surface area contributed by atoms with E-state index in [0.29, 0.717) is 12.3 Å². The highest BCUT2D eigenvalue weighted by Crippen LogP contribution is 2.31. The number of pyridine rings is 1. The number of likely N-dealkylation sites (tertiary alicyclic amines) is 1. The zero-order valence-corrected chi connectivity index (χ0v) is 14.4. The van der Waals surface area contributed by atoms with E-state index >= 15 is 0 Å². The van der Waals surface area contributed by atoms with Gasteiger partial charge in [0.15, 0.2) is 0 Å². The normalized spacial score (nSPS) is 17.8. The molecule has 4 rings (SSSR count). The Bertz CT molecular complexity index is 920. The quantitative estimate of drug-likeness (QED) is 0.719.